The zero-order valence-corrected chi connectivity index (χ0v) is 16.3. The van der Waals surface area contributed by atoms with E-state index in [9.17, 15) is 10.1 Å². The van der Waals surface area contributed by atoms with Crippen molar-refractivity contribution in [3.63, 3.8) is 0 Å². The minimum atomic E-state index is -0.427. The number of methoxy groups -OCH3 is 2. The number of benzene rings is 2. The summed E-state index contributed by atoms with van der Waals surface area (Å²) in [5, 5.41) is 19.2. The Morgan fingerprint density at radius 3 is 2.62 bits per heavy atom. The van der Waals surface area contributed by atoms with Crippen LogP contribution in [0.3, 0.4) is 0 Å². The zero-order valence-electron chi connectivity index (χ0n) is 16.3. The van der Waals surface area contributed by atoms with E-state index in [1.54, 1.807) is 20.4 Å². The molecular formula is C22H22N4O3. The minimum Gasteiger partial charge on any atom is -0.493 e. The number of carbonyl (C=O) groups is 1. The Hall–Kier alpha value is -3.37. The standard InChI is InChI=1S/C22H22N4O3/c1-28-19-9-8-15(10-20(19)29-2)18-11-17(21(27)14-6-4-3-5-7-14)25-22-16(12-23)13-24-26(18)22/h3-10,13,16-18,22,25H,11H2,1-2H3. The third-order valence-corrected chi connectivity index (χ3v) is 5.45. The number of ether oxygens (including phenoxy) is 2. The molecule has 0 saturated carbocycles. The summed E-state index contributed by atoms with van der Waals surface area (Å²) >= 11 is 0. The molecule has 2 heterocycles. The smallest absolute Gasteiger partial charge is 0.179 e. The summed E-state index contributed by atoms with van der Waals surface area (Å²) in [6.45, 7) is 0. The highest BCUT2D eigenvalue weighted by atomic mass is 16.5. The highest BCUT2D eigenvalue weighted by Gasteiger charge is 2.44. The first kappa shape index (κ1) is 19.0. The molecule has 0 radical (unpaired) electrons. The zero-order chi connectivity index (χ0) is 20.4. The van der Waals surface area contributed by atoms with Gasteiger partial charge in [0.25, 0.3) is 0 Å². The molecule has 4 atom stereocenters. The molecule has 0 spiro atoms. The van der Waals surface area contributed by atoms with Crippen molar-refractivity contribution in [1.82, 2.24) is 10.3 Å². The van der Waals surface area contributed by atoms with Gasteiger partial charge in [-0.25, -0.2) is 0 Å². The molecule has 2 aliphatic heterocycles. The van der Waals surface area contributed by atoms with Crippen molar-refractivity contribution in [1.29, 1.82) is 5.26 Å². The van der Waals surface area contributed by atoms with Gasteiger partial charge in [-0.15, -0.1) is 0 Å². The number of hydrogen-bond acceptors (Lipinski definition) is 7. The van der Waals surface area contributed by atoms with Gasteiger partial charge in [0.15, 0.2) is 17.3 Å². The molecular weight excluding hydrogens is 368 g/mol. The largest absolute Gasteiger partial charge is 0.493 e. The molecule has 29 heavy (non-hydrogen) atoms. The summed E-state index contributed by atoms with van der Waals surface area (Å²) in [6.07, 6.45) is 1.81. The highest BCUT2D eigenvalue weighted by molar-refractivity contribution is 6.00. The second-order valence-corrected chi connectivity index (χ2v) is 7.06. The van der Waals surface area contributed by atoms with Crippen molar-refractivity contribution >= 4 is 12.0 Å². The third-order valence-electron chi connectivity index (χ3n) is 5.45. The molecule has 0 aliphatic carbocycles. The molecule has 0 amide bonds. The number of Topliss-reactive ketones (excluding diaryl/α,β-unsaturated/α-hetero) is 1. The van der Waals surface area contributed by atoms with E-state index in [0.717, 1.165) is 5.56 Å². The second kappa shape index (κ2) is 7.94. The predicted molar refractivity (Wildman–Crippen MR) is 108 cm³/mol. The summed E-state index contributed by atoms with van der Waals surface area (Å²) in [5.41, 5.74) is 1.60. The molecule has 4 rings (SSSR count). The van der Waals surface area contributed by atoms with Gasteiger partial charge in [-0.2, -0.15) is 10.4 Å². The van der Waals surface area contributed by atoms with Gasteiger partial charge < -0.3 is 9.47 Å². The van der Waals surface area contributed by atoms with E-state index in [4.69, 9.17) is 9.47 Å². The molecule has 0 bridgehead atoms. The maximum absolute atomic E-state index is 13.1. The van der Waals surface area contributed by atoms with Gasteiger partial charge in [-0.05, 0) is 24.1 Å². The summed E-state index contributed by atoms with van der Waals surface area (Å²) < 4.78 is 10.8. The van der Waals surface area contributed by atoms with Crippen molar-refractivity contribution in [3.8, 4) is 17.6 Å². The summed E-state index contributed by atoms with van der Waals surface area (Å²) in [5.74, 6) is 0.841. The van der Waals surface area contributed by atoms with Gasteiger partial charge in [0.05, 0.1) is 32.4 Å². The Morgan fingerprint density at radius 1 is 1.17 bits per heavy atom. The number of nitrogens with one attached hydrogen (secondary N) is 1. The minimum absolute atomic E-state index is 0.0133. The number of hydrazone groups is 1. The van der Waals surface area contributed by atoms with Crippen LogP contribution in [0.5, 0.6) is 11.5 Å². The van der Waals surface area contributed by atoms with Crippen LogP contribution in [0.25, 0.3) is 0 Å². The molecule has 1 fully saturated rings. The van der Waals surface area contributed by atoms with E-state index in [1.165, 1.54) is 0 Å². The third kappa shape index (κ3) is 3.43. The summed E-state index contributed by atoms with van der Waals surface area (Å²) in [7, 11) is 3.18. The van der Waals surface area contributed by atoms with E-state index in [-0.39, 0.29) is 18.0 Å². The van der Waals surface area contributed by atoms with Gasteiger partial charge in [-0.3, -0.25) is 15.1 Å². The molecule has 1 N–H and O–H groups in total. The topological polar surface area (TPSA) is 86.9 Å². The number of hydrogen-bond donors (Lipinski definition) is 1. The van der Waals surface area contributed by atoms with Crippen LogP contribution < -0.4 is 14.8 Å². The number of nitrogens with zero attached hydrogens (tertiary/aromatic N) is 3. The van der Waals surface area contributed by atoms with Gasteiger partial charge in [-0.1, -0.05) is 36.4 Å². The van der Waals surface area contributed by atoms with Gasteiger partial charge in [0.2, 0.25) is 0 Å². The van der Waals surface area contributed by atoms with E-state index >= 15 is 0 Å². The molecule has 0 aromatic heterocycles. The molecule has 7 heteroatoms. The lowest BCUT2D eigenvalue weighted by molar-refractivity contribution is 0.0475. The van der Waals surface area contributed by atoms with Crippen LogP contribution in [0.2, 0.25) is 0 Å². The summed E-state index contributed by atoms with van der Waals surface area (Å²) in [4.78, 5) is 13.1. The lowest BCUT2D eigenvalue weighted by Gasteiger charge is -2.42. The molecule has 2 aliphatic rings. The molecule has 7 nitrogen and oxygen atoms in total. The average molecular weight is 390 g/mol. The maximum Gasteiger partial charge on any atom is 0.179 e. The molecule has 1 saturated heterocycles. The Kier molecular flexibility index (Phi) is 5.19. The summed E-state index contributed by atoms with van der Waals surface area (Å²) in [6, 6.07) is 16.6. The number of ketones is 1. The molecule has 148 valence electrons. The van der Waals surface area contributed by atoms with E-state index in [2.05, 4.69) is 16.5 Å². The van der Waals surface area contributed by atoms with E-state index < -0.39 is 12.0 Å². The monoisotopic (exact) mass is 390 g/mol. The lowest BCUT2D eigenvalue weighted by atomic mass is 9.89. The Labute approximate surface area is 169 Å². The van der Waals surface area contributed by atoms with Crippen LogP contribution in [0.15, 0.2) is 53.6 Å². The van der Waals surface area contributed by atoms with Crippen LogP contribution in [0, 0.1) is 17.2 Å². The first-order valence-corrected chi connectivity index (χ1v) is 9.45. The predicted octanol–water partition coefficient (Wildman–Crippen LogP) is 2.76. The van der Waals surface area contributed by atoms with Crippen LogP contribution in [-0.2, 0) is 0 Å². The van der Waals surface area contributed by atoms with Crippen LogP contribution in [0.4, 0.5) is 0 Å². The van der Waals surface area contributed by atoms with Crippen molar-refractivity contribution in [3.05, 3.63) is 59.7 Å². The lowest BCUT2D eigenvalue weighted by Crippen LogP contribution is -2.58. The van der Waals surface area contributed by atoms with Gasteiger partial charge >= 0.3 is 0 Å². The first-order chi connectivity index (χ1) is 14.2. The van der Waals surface area contributed by atoms with Crippen molar-refractivity contribution in [2.75, 3.05) is 14.2 Å². The number of fused-ring (bicyclic) bond motifs is 1. The number of carbonyl (C=O) groups excluding carboxylic acids is 1. The van der Waals surface area contributed by atoms with E-state index in [1.807, 2.05) is 53.5 Å². The Morgan fingerprint density at radius 2 is 1.93 bits per heavy atom. The molecule has 4 unspecified atom stereocenters. The molecule has 2 aromatic rings. The fourth-order valence-corrected chi connectivity index (χ4v) is 3.97. The SMILES string of the molecule is COc1ccc(C2CC(C(=O)c3ccccc3)NC3C(C#N)C=NN23)cc1OC. The highest BCUT2D eigenvalue weighted by Crippen LogP contribution is 2.39. The van der Waals surface area contributed by atoms with Gasteiger partial charge in [0, 0.05) is 11.8 Å². The van der Waals surface area contributed by atoms with Crippen molar-refractivity contribution < 1.29 is 14.3 Å². The fraction of sp³-hybridized carbons (Fsp3) is 0.318. The molecule has 2 aromatic carbocycles. The Bertz CT molecular complexity index is 970. The van der Waals surface area contributed by atoms with Crippen molar-refractivity contribution in [2.24, 2.45) is 11.0 Å². The van der Waals surface area contributed by atoms with Crippen LogP contribution in [-0.4, -0.2) is 43.4 Å². The van der Waals surface area contributed by atoms with Crippen molar-refractivity contribution in [2.45, 2.75) is 24.7 Å². The quantitative estimate of drug-likeness (QED) is 0.790. The van der Waals surface area contributed by atoms with Crippen LogP contribution in [0.1, 0.15) is 28.4 Å². The number of nitriles is 1. The number of rotatable bonds is 5. The second-order valence-electron chi connectivity index (χ2n) is 7.06. The Balaban J connectivity index is 1.69. The van der Waals surface area contributed by atoms with E-state index in [0.29, 0.717) is 23.5 Å². The van der Waals surface area contributed by atoms with Gasteiger partial charge in [0.1, 0.15) is 12.1 Å². The first-order valence-electron chi connectivity index (χ1n) is 9.45. The normalized spacial score (nSPS) is 25.2. The maximum atomic E-state index is 13.1. The average Bonchev–Trinajstić information content (AvgIpc) is 3.21. The van der Waals surface area contributed by atoms with Crippen LogP contribution >= 0.6 is 0 Å². The fourth-order valence-electron chi connectivity index (χ4n) is 3.97.